The highest BCUT2D eigenvalue weighted by Crippen LogP contribution is 2.29. The summed E-state index contributed by atoms with van der Waals surface area (Å²) in [6.45, 7) is 4.46. The third-order valence-electron chi connectivity index (χ3n) is 2.20. The number of furan rings is 1. The lowest BCUT2D eigenvalue weighted by Crippen LogP contribution is -2.48. The van der Waals surface area contributed by atoms with Gasteiger partial charge in [-0.05, 0) is 26.0 Å². The van der Waals surface area contributed by atoms with Gasteiger partial charge in [-0.15, -0.1) is 0 Å². The predicted molar refractivity (Wildman–Crippen MR) is 56.0 cm³/mol. The first-order valence-corrected chi connectivity index (χ1v) is 5.72. The Balaban J connectivity index is 2.09. The smallest absolute Gasteiger partial charge is 0.121 e. The van der Waals surface area contributed by atoms with Crippen molar-refractivity contribution in [3.8, 4) is 0 Å². The van der Waals surface area contributed by atoms with E-state index in [4.69, 9.17) is 4.42 Å². The zero-order chi connectivity index (χ0) is 9.31. The van der Waals surface area contributed by atoms with Crippen LogP contribution in [0, 0.1) is 0 Å². The SMILES string of the molecule is CC1(C)CSCC(c2ccco2)N1. The van der Waals surface area contributed by atoms with Gasteiger partial charge in [0.2, 0.25) is 0 Å². The van der Waals surface area contributed by atoms with Crippen molar-refractivity contribution in [2.75, 3.05) is 11.5 Å². The Hall–Kier alpha value is -0.410. The van der Waals surface area contributed by atoms with Crippen molar-refractivity contribution in [3.63, 3.8) is 0 Å². The Morgan fingerprint density at radius 1 is 1.62 bits per heavy atom. The van der Waals surface area contributed by atoms with E-state index in [1.54, 1.807) is 6.26 Å². The topological polar surface area (TPSA) is 25.2 Å². The molecule has 0 aromatic carbocycles. The zero-order valence-electron chi connectivity index (χ0n) is 8.04. The summed E-state index contributed by atoms with van der Waals surface area (Å²) in [6, 6.07) is 4.37. The monoisotopic (exact) mass is 197 g/mol. The summed E-state index contributed by atoms with van der Waals surface area (Å²) in [5.41, 5.74) is 0.223. The van der Waals surface area contributed by atoms with Crippen LogP contribution in [0.15, 0.2) is 22.8 Å². The number of nitrogens with one attached hydrogen (secondary N) is 1. The lowest BCUT2D eigenvalue weighted by molar-refractivity contribution is 0.336. The van der Waals surface area contributed by atoms with Crippen LogP contribution in [0.25, 0.3) is 0 Å². The van der Waals surface area contributed by atoms with Crippen molar-refractivity contribution in [1.29, 1.82) is 0 Å². The molecule has 1 unspecified atom stereocenters. The van der Waals surface area contributed by atoms with Crippen LogP contribution in [0.1, 0.15) is 25.6 Å². The van der Waals surface area contributed by atoms with Crippen LogP contribution in [0.2, 0.25) is 0 Å². The van der Waals surface area contributed by atoms with E-state index in [1.165, 1.54) is 5.75 Å². The molecular formula is C10H15NOS. The minimum atomic E-state index is 0.223. The van der Waals surface area contributed by atoms with E-state index in [1.807, 2.05) is 23.9 Å². The molecule has 0 amide bonds. The first-order chi connectivity index (χ1) is 6.17. The van der Waals surface area contributed by atoms with E-state index in [0.717, 1.165) is 11.5 Å². The third kappa shape index (κ3) is 2.09. The Morgan fingerprint density at radius 2 is 2.46 bits per heavy atom. The van der Waals surface area contributed by atoms with Gasteiger partial charge in [0.1, 0.15) is 5.76 Å². The van der Waals surface area contributed by atoms with Gasteiger partial charge in [0.15, 0.2) is 0 Å². The van der Waals surface area contributed by atoms with Gasteiger partial charge in [-0.1, -0.05) is 0 Å². The molecule has 3 heteroatoms. The molecule has 2 nitrogen and oxygen atoms in total. The molecule has 1 N–H and O–H groups in total. The average Bonchev–Trinajstić information content (AvgIpc) is 2.53. The molecule has 0 bridgehead atoms. The van der Waals surface area contributed by atoms with Crippen LogP contribution in [-0.4, -0.2) is 17.0 Å². The van der Waals surface area contributed by atoms with Crippen molar-refractivity contribution in [2.24, 2.45) is 0 Å². The molecule has 72 valence electrons. The maximum absolute atomic E-state index is 5.39. The lowest BCUT2D eigenvalue weighted by atomic mass is 10.1. The summed E-state index contributed by atoms with van der Waals surface area (Å²) < 4.78 is 5.39. The average molecular weight is 197 g/mol. The van der Waals surface area contributed by atoms with Crippen LogP contribution >= 0.6 is 11.8 Å². The van der Waals surface area contributed by atoms with Crippen LogP contribution in [0.5, 0.6) is 0 Å². The van der Waals surface area contributed by atoms with E-state index in [9.17, 15) is 0 Å². The molecule has 1 aliphatic heterocycles. The molecule has 1 aliphatic rings. The van der Waals surface area contributed by atoms with E-state index in [-0.39, 0.29) is 5.54 Å². The highest BCUT2D eigenvalue weighted by atomic mass is 32.2. The van der Waals surface area contributed by atoms with Crippen LogP contribution in [0.4, 0.5) is 0 Å². The van der Waals surface area contributed by atoms with Gasteiger partial charge in [0.25, 0.3) is 0 Å². The quantitative estimate of drug-likeness (QED) is 0.748. The van der Waals surface area contributed by atoms with E-state index < -0.39 is 0 Å². The Morgan fingerprint density at radius 3 is 3.08 bits per heavy atom. The normalized spacial score (nSPS) is 27.4. The molecule has 1 atom stereocenters. The third-order valence-corrected chi connectivity index (χ3v) is 3.69. The molecular weight excluding hydrogens is 182 g/mol. The largest absolute Gasteiger partial charge is 0.468 e. The molecule has 1 aromatic heterocycles. The first-order valence-electron chi connectivity index (χ1n) is 4.56. The van der Waals surface area contributed by atoms with Gasteiger partial charge < -0.3 is 9.73 Å². The van der Waals surface area contributed by atoms with Crippen molar-refractivity contribution >= 4 is 11.8 Å². The molecule has 1 aromatic rings. The molecule has 13 heavy (non-hydrogen) atoms. The Bertz CT molecular complexity index is 268. The minimum Gasteiger partial charge on any atom is -0.468 e. The molecule has 0 radical (unpaired) electrons. The maximum Gasteiger partial charge on any atom is 0.121 e. The first kappa shape index (κ1) is 9.16. The molecule has 0 aliphatic carbocycles. The standard InChI is InChI=1S/C10H15NOS/c1-10(2)7-13-6-8(11-10)9-4-3-5-12-9/h3-5,8,11H,6-7H2,1-2H3. The van der Waals surface area contributed by atoms with Crippen molar-refractivity contribution in [2.45, 2.75) is 25.4 Å². The second-order valence-corrected chi connectivity index (χ2v) is 5.14. The molecule has 0 spiro atoms. The van der Waals surface area contributed by atoms with Gasteiger partial charge in [0.05, 0.1) is 12.3 Å². The van der Waals surface area contributed by atoms with Crippen LogP contribution < -0.4 is 5.32 Å². The Labute approximate surface area is 83.1 Å². The highest BCUT2D eigenvalue weighted by Gasteiger charge is 2.29. The number of hydrogen-bond donors (Lipinski definition) is 1. The summed E-state index contributed by atoms with van der Waals surface area (Å²) in [7, 11) is 0. The fourth-order valence-corrected chi connectivity index (χ4v) is 2.82. The summed E-state index contributed by atoms with van der Waals surface area (Å²) in [6.07, 6.45) is 1.74. The minimum absolute atomic E-state index is 0.223. The van der Waals surface area contributed by atoms with Gasteiger partial charge in [-0.25, -0.2) is 0 Å². The second-order valence-electron chi connectivity index (χ2n) is 4.11. The number of rotatable bonds is 1. The predicted octanol–water partition coefficient (Wildman–Crippen LogP) is 2.44. The summed E-state index contributed by atoms with van der Waals surface area (Å²) in [5, 5.41) is 3.58. The summed E-state index contributed by atoms with van der Waals surface area (Å²) in [4.78, 5) is 0. The molecule has 0 saturated carbocycles. The van der Waals surface area contributed by atoms with Gasteiger partial charge in [-0.3, -0.25) is 0 Å². The van der Waals surface area contributed by atoms with Crippen molar-refractivity contribution in [1.82, 2.24) is 5.32 Å². The second kappa shape index (κ2) is 3.39. The van der Waals surface area contributed by atoms with Crippen LogP contribution in [-0.2, 0) is 0 Å². The highest BCUT2D eigenvalue weighted by molar-refractivity contribution is 7.99. The van der Waals surface area contributed by atoms with Crippen molar-refractivity contribution < 1.29 is 4.42 Å². The van der Waals surface area contributed by atoms with E-state index in [0.29, 0.717) is 6.04 Å². The zero-order valence-corrected chi connectivity index (χ0v) is 8.86. The fraction of sp³-hybridized carbons (Fsp3) is 0.600. The van der Waals surface area contributed by atoms with E-state index >= 15 is 0 Å². The number of thioether (sulfide) groups is 1. The lowest BCUT2D eigenvalue weighted by Gasteiger charge is -2.35. The van der Waals surface area contributed by atoms with Crippen molar-refractivity contribution in [3.05, 3.63) is 24.2 Å². The molecule has 2 heterocycles. The van der Waals surface area contributed by atoms with Gasteiger partial charge in [-0.2, -0.15) is 11.8 Å². The van der Waals surface area contributed by atoms with Gasteiger partial charge >= 0.3 is 0 Å². The molecule has 1 fully saturated rings. The maximum atomic E-state index is 5.39. The van der Waals surface area contributed by atoms with E-state index in [2.05, 4.69) is 19.2 Å². The number of hydrogen-bond acceptors (Lipinski definition) is 3. The summed E-state index contributed by atoms with van der Waals surface area (Å²) in [5.74, 6) is 3.33. The van der Waals surface area contributed by atoms with Crippen LogP contribution in [0.3, 0.4) is 0 Å². The fourth-order valence-electron chi connectivity index (χ4n) is 1.63. The molecule has 1 saturated heterocycles. The van der Waals surface area contributed by atoms with Gasteiger partial charge in [0, 0.05) is 17.0 Å². The Kier molecular flexibility index (Phi) is 2.39. The summed E-state index contributed by atoms with van der Waals surface area (Å²) >= 11 is 1.99. The molecule has 2 rings (SSSR count).